The number of aryl methyl sites for hydroxylation is 1. The second-order valence-electron chi connectivity index (χ2n) is 8.01. The van der Waals surface area contributed by atoms with E-state index in [2.05, 4.69) is 24.3 Å². The zero-order valence-electron chi connectivity index (χ0n) is 17.1. The van der Waals surface area contributed by atoms with Crippen LogP contribution in [0.15, 0.2) is 29.8 Å². The summed E-state index contributed by atoms with van der Waals surface area (Å²) in [5.41, 5.74) is 0.751. The van der Waals surface area contributed by atoms with E-state index in [-0.39, 0.29) is 0 Å². The maximum atomic E-state index is 10.6. The normalized spacial score (nSPS) is 31.8. The minimum absolute atomic E-state index is 0.700. The van der Waals surface area contributed by atoms with Crippen molar-refractivity contribution in [1.82, 2.24) is 0 Å². The van der Waals surface area contributed by atoms with Crippen molar-refractivity contribution in [3.63, 3.8) is 0 Å². The van der Waals surface area contributed by atoms with Gasteiger partial charge in [-0.15, -0.1) is 0 Å². The minimum Gasteiger partial charge on any atom is -0.497 e. The molecule has 0 bridgehead atoms. The van der Waals surface area contributed by atoms with Gasteiger partial charge >= 0.3 is 5.51 Å². The van der Waals surface area contributed by atoms with Gasteiger partial charge in [0.15, 0.2) is 0 Å². The van der Waals surface area contributed by atoms with Crippen LogP contribution in [0.4, 0.5) is 13.2 Å². The SMILES string of the molecule is CC.COc1ccc2c(c1)CCC1C2CCC23CC2=CCC13.O=S(O)C(F)(F)F. The number of hydrogen-bond donors (Lipinski definition) is 1. The van der Waals surface area contributed by atoms with Crippen LogP contribution in [0.1, 0.15) is 63.0 Å². The fourth-order valence-electron chi connectivity index (χ4n) is 5.76. The molecule has 0 heterocycles. The van der Waals surface area contributed by atoms with Crippen LogP contribution in [-0.4, -0.2) is 21.4 Å². The number of fused-ring (bicyclic) bond motifs is 4. The predicted molar refractivity (Wildman–Crippen MR) is 108 cm³/mol. The summed E-state index contributed by atoms with van der Waals surface area (Å²) >= 11 is -3.68. The van der Waals surface area contributed by atoms with E-state index >= 15 is 0 Å². The number of rotatable bonds is 1. The van der Waals surface area contributed by atoms with E-state index in [4.69, 9.17) is 13.5 Å². The lowest BCUT2D eigenvalue weighted by molar-refractivity contribution is -0.0446. The molecule has 0 saturated heterocycles. The first kappa shape index (κ1) is 22.3. The van der Waals surface area contributed by atoms with Gasteiger partial charge in [-0.1, -0.05) is 31.6 Å². The Morgan fingerprint density at radius 3 is 2.52 bits per heavy atom. The van der Waals surface area contributed by atoms with E-state index in [0.717, 1.165) is 23.5 Å². The summed E-state index contributed by atoms with van der Waals surface area (Å²) in [7, 11) is 1.77. The van der Waals surface area contributed by atoms with Gasteiger partial charge < -0.3 is 4.74 Å². The van der Waals surface area contributed by atoms with Gasteiger partial charge in [0.05, 0.1) is 7.11 Å². The molecule has 1 spiro atoms. The molecule has 5 atom stereocenters. The van der Waals surface area contributed by atoms with Crippen LogP contribution in [-0.2, 0) is 17.5 Å². The molecule has 162 valence electrons. The van der Waals surface area contributed by atoms with E-state index in [1.807, 2.05) is 19.4 Å². The lowest BCUT2D eigenvalue weighted by Gasteiger charge is -2.45. The van der Waals surface area contributed by atoms with Crippen LogP contribution in [0.2, 0.25) is 0 Å². The summed E-state index contributed by atoms with van der Waals surface area (Å²) in [6.07, 6.45) is 10.9. The predicted octanol–water partition coefficient (Wildman–Crippen LogP) is 6.23. The molecule has 0 aliphatic heterocycles. The molecule has 4 aliphatic rings. The third kappa shape index (κ3) is 4.13. The van der Waals surface area contributed by atoms with Crippen molar-refractivity contribution in [3.8, 4) is 5.75 Å². The Bertz CT molecular complexity index is 805. The third-order valence-electron chi connectivity index (χ3n) is 6.98. The van der Waals surface area contributed by atoms with Crippen molar-refractivity contribution in [2.45, 2.75) is 63.8 Å². The van der Waals surface area contributed by atoms with Gasteiger partial charge in [-0.05, 0) is 85.0 Å². The van der Waals surface area contributed by atoms with E-state index in [1.165, 1.54) is 38.5 Å². The van der Waals surface area contributed by atoms with Crippen LogP contribution in [0.3, 0.4) is 0 Å². The molecular weight excluding hydrogens is 401 g/mol. The zero-order valence-corrected chi connectivity index (χ0v) is 17.9. The highest BCUT2D eigenvalue weighted by Gasteiger charge is 2.62. The van der Waals surface area contributed by atoms with Gasteiger partial charge in [-0.25, -0.2) is 4.21 Å². The number of ether oxygens (including phenoxy) is 1. The van der Waals surface area contributed by atoms with Crippen LogP contribution >= 0.6 is 0 Å². The van der Waals surface area contributed by atoms with Gasteiger partial charge in [-0.2, -0.15) is 13.2 Å². The Balaban J connectivity index is 0.000000231. The number of hydrogen-bond acceptors (Lipinski definition) is 2. The van der Waals surface area contributed by atoms with Crippen molar-refractivity contribution >= 4 is 11.1 Å². The van der Waals surface area contributed by atoms with Crippen LogP contribution in [0, 0.1) is 17.3 Å². The summed E-state index contributed by atoms with van der Waals surface area (Å²) in [6, 6.07) is 6.81. The minimum atomic E-state index is -4.97. The van der Waals surface area contributed by atoms with E-state index in [1.54, 1.807) is 18.2 Å². The first-order chi connectivity index (χ1) is 13.8. The summed E-state index contributed by atoms with van der Waals surface area (Å²) < 4.78 is 53.5. The van der Waals surface area contributed by atoms with Crippen molar-refractivity contribution < 1.29 is 26.7 Å². The number of allylic oxidation sites excluding steroid dienone is 2. The maximum absolute atomic E-state index is 10.6. The molecule has 2 fully saturated rings. The van der Waals surface area contributed by atoms with Crippen molar-refractivity contribution in [1.29, 1.82) is 0 Å². The summed E-state index contributed by atoms with van der Waals surface area (Å²) in [5, 5.41) is 0. The molecule has 0 radical (unpaired) electrons. The Morgan fingerprint density at radius 2 is 1.93 bits per heavy atom. The monoisotopic (exact) mass is 430 g/mol. The molecule has 2 saturated carbocycles. The average Bonchev–Trinajstić information content (AvgIpc) is 3.29. The number of methoxy groups -OCH3 is 1. The fourth-order valence-corrected chi connectivity index (χ4v) is 5.76. The summed E-state index contributed by atoms with van der Waals surface area (Å²) in [4.78, 5) is 0. The van der Waals surface area contributed by atoms with Gasteiger partial charge in [0.2, 0.25) is 0 Å². The van der Waals surface area contributed by atoms with Crippen molar-refractivity contribution in [3.05, 3.63) is 41.0 Å². The molecule has 3 nitrogen and oxygen atoms in total. The molecule has 0 amide bonds. The lowest BCUT2D eigenvalue weighted by Crippen LogP contribution is -2.36. The average molecular weight is 431 g/mol. The Kier molecular flexibility index (Phi) is 6.49. The highest BCUT2D eigenvalue weighted by molar-refractivity contribution is 7.80. The maximum Gasteiger partial charge on any atom is 0.496 e. The molecule has 4 aliphatic carbocycles. The molecule has 29 heavy (non-hydrogen) atoms. The number of halogens is 3. The van der Waals surface area contributed by atoms with Gasteiger partial charge in [0.1, 0.15) is 5.75 Å². The third-order valence-corrected chi connectivity index (χ3v) is 7.37. The molecule has 5 rings (SSSR count). The first-order valence-electron chi connectivity index (χ1n) is 10.3. The quantitative estimate of drug-likeness (QED) is 0.425. The van der Waals surface area contributed by atoms with Crippen LogP contribution in [0.25, 0.3) is 0 Å². The van der Waals surface area contributed by atoms with Crippen LogP contribution in [0.5, 0.6) is 5.75 Å². The number of benzene rings is 1. The topological polar surface area (TPSA) is 46.5 Å². The smallest absolute Gasteiger partial charge is 0.496 e. The van der Waals surface area contributed by atoms with E-state index in [9.17, 15) is 13.2 Å². The molecule has 1 aromatic carbocycles. The molecule has 0 aromatic heterocycles. The van der Waals surface area contributed by atoms with Gasteiger partial charge in [0.25, 0.3) is 11.1 Å². The Hall–Kier alpha value is -1.34. The first-order valence-corrected chi connectivity index (χ1v) is 11.4. The summed E-state index contributed by atoms with van der Waals surface area (Å²) in [5.74, 6) is 3.78. The molecule has 7 heteroatoms. The van der Waals surface area contributed by atoms with Crippen molar-refractivity contribution in [2.24, 2.45) is 17.3 Å². The van der Waals surface area contributed by atoms with Crippen LogP contribution < -0.4 is 4.74 Å². The molecular formula is C22H29F3O3S. The van der Waals surface area contributed by atoms with Gasteiger partial charge in [-0.3, -0.25) is 4.55 Å². The highest BCUT2D eigenvalue weighted by Crippen LogP contribution is 2.72. The van der Waals surface area contributed by atoms with Gasteiger partial charge in [0, 0.05) is 0 Å². The van der Waals surface area contributed by atoms with E-state index < -0.39 is 16.6 Å². The number of alkyl halides is 3. The van der Waals surface area contributed by atoms with Crippen molar-refractivity contribution in [2.75, 3.05) is 7.11 Å². The lowest BCUT2D eigenvalue weighted by atomic mass is 9.59. The molecule has 1 N–H and O–H groups in total. The second kappa shape index (κ2) is 8.42. The Labute approximate surface area is 173 Å². The Morgan fingerprint density at radius 1 is 1.24 bits per heavy atom. The highest BCUT2D eigenvalue weighted by atomic mass is 32.2. The zero-order chi connectivity index (χ0) is 21.4. The second-order valence-corrected chi connectivity index (χ2v) is 8.97. The largest absolute Gasteiger partial charge is 0.497 e. The summed E-state index contributed by atoms with van der Waals surface area (Å²) in [6.45, 7) is 4.00. The fraction of sp³-hybridized carbons (Fsp3) is 0.636. The molecule has 1 aromatic rings. The standard InChI is InChI=1S/C19H22O.C2H6.CHF3O2S/c1-20-14-4-6-15-12(10-14)2-5-17-16(15)8-9-19-11-13(19)3-7-18(17)19;1-2;2-1(3,4)7(5)6/h3-4,6,10,16-18H,2,5,7-9,11H2,1H3;1-2H3;(H,5,6). The molecule has 5 unspecified atom stereocenters. The van der Waals surface area contributed by atoms with E-state index in [0.29, 0.717) is 5.41 Å².